The number of benzene rings is 1. The highest BCUT2D eigenvalue weighted by atomic mass is 32.2. The van der Waals surface area contributed by atoms with E-state index in [2.05, 4.69) is 0 Å². The van der Waals surface area contributed by atoms with E-state index in [1.54, 1.807) is 6.07 Å². The summed E-state index contributed by atoms with van der Waals surface area (Å²) in [4.78, 5) is 0.898. The molecule has 0 aliphatic heterocycles. The number of aliphatic hydroxyl groups is 2. The van der Waals surface area contributed by atoms with E-state index in [0.717, 1.165) is 4.90 Å². The van der Waals surface area contributed by atoms with E-state index in [1.807, 2.05) is 6.26 Å². The van der Waals surface area contributed by atoms with Crippen LogP contribution in [-0.4, -0.2) is 23.1 Å². The number of fused-ring (bicyclic) bond motifs is 1. The Hall–Kier alpha value is -0.580. The summed E-state index contributed by atoms with van der Waals surface area (Å²) in [5.41, 5.74) is 1.17. The van der Waals surface area contributed by atoms with Gasteiger partial charge >= 0.3 is 0 Å². The van der Waals surface area contributed by atoms with Crippen molar-refractivity contribution in [2.75, 3.05) is 12.9 Å². The third-order valence-corrected chi connectivity index (χ3v) is 3.68. The highest BCUT2D eigenvalue weighted by Crippen LogP contribution is 2.45. The number of hydrogen-bond acceptors (Lipinski definition) is 3. The first-order valence-electron chi connectivity index (χ1n) is 4.84. The zero-order chi connectivity index (χ0) is 11.0. The van der Waals surface area contributed by atoms with E-state index in [9.17, 15) is 9.50 Å². The van der Waals surface area contributed by atoms with Crippen molar-refractivity contribution in [2.24, 2.45) is 0 Å². The lowest BCUT2D eigenvalue weighted by atomic mass is 10.0. The molecule has 0 heterocycles. The lowest BCUT2D eigenvalue weighted by Gasteiger charge is -2.11. The molecule has 15 heavy (non-hydrogen) atoms. The topological polar surface area (TPSA) is 40.5 Å². The van der Waals surface area contributed by atoms with Crippen LogP contribution in [0.2, 0.25) is 0 Å². The third kappa shape index (κ3) is 1.67. The van der Waals surface area contributed by atoms with Crippen molar-refractivity contribution in [3.05, 3.63) is 29.1 Å². The summed E-state index contributed by atoms with van der Waals surface area (Å²) in [5.74, 6) is -0.583. The second-order valence-corrected chi connectivity index (χ2v) is 4.56. The monoisotopic (exact) mass is 228 g/mol. The van der Waals surface area contributed by atoms with Crippen LogP contribution in [0.4, 0.5) is 4.39 Å². The molecule has 1 unspecified atom stereocenters. The molecular weight excluding hydrogens is 215 g/mol. The maximum absolute atomic E-state index is 13.6. The van der Waals surface area contributed by atoms with E-state index >= 15 is 0 Å². The minimum atomic E-state index is -0.643. The molecule has 82 valence electrons. The molecule has 2 nitrogen and oxygen atoms in total. The first-order valence-corrected chi connectivity index (χ1v) is 6.06. The van der Waals surface area contributed by atoms with Crippen LogP contribution in [0, 0.1) is 5.82 Å². The predicted octanol–water partition coefficient (Wildman–Crippen LogP) is 2.06. The first kappa shape index (κ1) is 10.9. The number of halogens is 1. The predicted molar refractivity (Wildman–Crippen MR) is 57.6 cm³/mol. The summed E-state index contributed by atoms with van der Waals surface area (Å²) in [6.07, 6.45) is 1.67. The highest BCUT2D eigenvalue weighted by molar-refractivity contribution is 7.98. The summed E-state index contributed by atoms with van der Waals surface area (Å²) >= 11 is 1.49. The smallest absolute Gasteiger partial charge is 0.127 e. The van der Waals surface area contributed by atoms with Gasteiger partial charge in [0.05, 0.1) is 12.7 Å². The molecule has 2 N–H and O–H groups in total. The Morgan fingerprint density at radius 2 is 2.20 bits per heavy atom. The van der Waals surface area contributed by atoms with Crippen molar-refractivity contribution in [2.45, 2.75) is 23.3 Å². The van der Waals surface area contributed by atoms with Gasteiger partial charge in [-0.15, -0.1) is 11.8 Å². The first-order chi connectivity index (χ1) is 7.19. The van der Waals surface area contributed by atoms with E-state index in [4.69, 9.17) is 5.11 Å². The lowest BCUT2D eigenvalue weighted by Crippen LogP contribution is -2.02. The van der Waals surface area contributed by atoms with Gasteiger partial charge in [0.25, 0.3) is 0 Å². The van der Waals surface area contributed by atoms with Crippen LogP contribution in [0.1, 0.15) is 29.6 Å². The van der Waals surface area contributed by atoms with Crippen LogP contribution < -0.4 is 0 Å². The van der Waals surface area contributed by atoms with Crippen molar-refractivity contribution >= 4 is 11.8 Å². The molecule has 2 rings (SSSR count). The zero-order valence-electron chi connectivity index (χ0n) is 8.40. The van der Waals surface area contributed by atoms with Gasteiger partial charge in [-0.3, -0.25) is 0 Å². The van der Waals surface area contributed by atoms with Crippen LogP contribution in [0.15, 0.2) is 17.0 Å². The van der Waals surface area contributed by atoms with Gasteiger partial charge in [0.2, 0.25) is 0 Å². The van der Waals surface area contributed by atoms with Gasteiger partial charge in [-0.1, -0.05) is 0 Å². The summed E-state index contributed by atoms with van der Waals surface area (Å²) in [7, 11) is 0. The Morgan fingerprint density at radius 1 is 1.47 bits per heavy atom. The Kier molecular flexibility index (Phi) is 3.00. The molecular formula is C11H13FO2S. The van der Waals surface area contributed by atoms with E-state index < -0.39 is 6.10 Å². The molecule has 1 aliphatic rings. The molecule has 4 heteroatoms. The van der Waals surface area contributed by atoms with Crippen LogP contribution in [0.5, 0.6) is 0 Å². The van der Waals surface area contributed by atoms with Crippen molar-refractivity contribution < 1.29 is 14.6 Å². The third-order valence-electron chi connectivity index (χ3n) is 2.88. The quantitative estimate of drug-likeness (QED) is 0.761. The van der Waals surface area contributed by atoms with E-state index in [1.165, 1.54) is 17.8 Å². The van der Waals surface area contributed by atoms with Gasteiger partial charge in [0, 0.05) is 21.9 Å². The van der Waals surface area contributed by atoms with Gasteiger partial charge in [-0.05, 0) is 24.8 Å². The molecule has 0 spiro atoms. The number of aliphatic hydroxyl groups excluding tert-OH is 2. The van der Waals surface area contributed by atoms with Crippen LogP contribution in [0.25, 0.3) is 0 Å². The normalized spacial score (nSPS) is 24.3. The summed E-state index contributed by atoms with van der Waals surface area (Å²) in [5, 5.41) is 19.0. The molecule has 0 radical (unpaired) electrons. The Balaban J connectivity index is 2.59. The van der Waals surface area contributed by atoms with Crippen LogP contribution in [0.3, 0.4) is 0 Å². The Bertz CT molecular complexity index is 381. The van der Waals surface area contributed by atoms with E-state index in [-0.39, 0.29) is 18.3 Å². The fraction of sp³-hybridized carbons (Fsp3) is 0.455. The molecule has 0 fully saturated rings. The molecule has 0 amide bonds. The molecule has 0 saturated carbocycles. The second-order valence-electron chi connectivity index (χ2n) is 3.71. The van der Waals surface area contributed by atoms with Crippen LogP contribution >= 0.6 is 11.8 Å². The van der Waals surface area contributed by atoms with Crippen LogP contribution in [-0.2, 0) is 0 Å². The second kappa shape index (κ2) is 4.12. The van der Waals surface area contributed by atoms with Gasteiger partial charge < -0.3 is 10.2 Å². The fourth-order valence-electron chi connectivity index (χ4n) is 2.20. The minimum Gasteiger partial charge on any atom is -0.396 e. The molecule has 1 aromatic rings. The molecule has 1 aliphatic carbocycles. The SMILES string of the molecule is CSc1ccc(F)c2c1[C@@H](O)CC2CO. The number of hydrogen-bond donors (Lipinski definition) is 2. The summed E-state index contributed by atoms with van der Waals surface area (Å²) in [6.45, 7) is -0.112. The Morgan fingerprint density at radius 3 is 2.80 bits per heavy atom. The largest absolute Gasteiger partial charge is 0.396 e. The molecule has 0 bridgehead atoms. The molecule has 2 atom stereocenters. The van der Waals surface area contributed by atoms with Crippen molar-refractivity contribution in [3.8, 4) is 0 Å². The Labute approximate surface area is 92.1 Å². The fourth-order valence-corrected chi connectivity index (χ4v) is 2.87. The standard InChI is InChI=1S/C11H13FO2S/c1-15-9-3-2-7(12)10-6(5-13)4-8(14)11(9)10/h2-3,6,8,13-14H,4-5H2,1H3/t6?,8-/m0/s1. The molecule has 0 aromatic heterocycles. The van der Waals surface area contributed by atoms with Crippen molar-refractivity contribution in [3.63, 3.8) is 0 Å². The average Bonchev–Trinajstić information content (AvgIpc) is 2.58. The molecule has 1 aromatic carbocycles. The average molecular weight is 228 g/mol. The van der Waals surface area contributed by atoms with E-state index in [0.29, 0.717) is 17.5 Å². The number of rotatable bonds is 2. The van der Waals surface area contributed by atoms with Gasteiger partial charge in [-0.25, -0.2) is 4.39 Å². The van der Waals surface area contributed by atoms with Gasteiger partial charge in [-0.2, -0.15) is 0 Å². The zero-order valence-corrected chi connectivity index (χ0v) is 9.22. The summed E-state index contributed by atoms with van der Waals surface area (Å²) < 4.78 is 13.6. The lowest BCUT2D eigenvalue weighted by molar-refractivity contribution is 0.156. The summed E-state index contributed by atoms with van der Waals surface area (Å²) in [6, 6.07) is 3.09. The van der Waals surface area contributed by atoms with Gasteiger partial charge in [0.15, 0.2) is 0 Å². The maximum Gasteiger partial charge on any atom is 0.127 e. The minimum absolute atomic E-state index is 0.112. The maximum atomic E-state index is 13.6. The van der Waals surface area contributed by atoms with Crippen molar-refractivity contribution in [1.29, 1.82) is 0 Å². The number of thioether (sulfide) groups is 1. The highest BCUT2D eigenvalue weighted by Gasteiger charge is 2.33. The molecule has 0 saturated heterocycles. The van der Waals surface area contributed by atoms with Gasteiger partial charge in [0.1, 0.15) is 5.82 Å². The van der Waals surface area contributed by atoms with Crippen molar-refractivity contribution in [1.82, 2.24) is 0 Å².